The molecule has 25 heavy (non-hydrogen) atoms. The summed E-state index contributed by atoms with van der Waals surface area (Å²) in [6.45, 7) is 3.53. The molecule has 0 saturated carbocycles. The van der Waals surface area contributed by atoms with Gasteiger partial charge in [0.15, 0.2) is 6.19 Å². The molecule has 2 aliphatic heterocycles. The summed E-state index contributed by atoms with van der Waals surface area (Å²) >= 11 is 0. The third kappa shape index (κ3) is 2.97. The Balaban J connectivity index is 1.60. The summed E-state index contributed by atoms with van der Waals surface area (Å²) in [6.07, 6.45) is 2.18. The molecule has 0 radical (unpaired) electrons. The number of hydrogen-bond acceptors (Lipinski definition) is 4. The zero-order valence-corrected chi connectivity index (χ0v) is 14.0. The van der Waals surface area contributed by atoms with E-state index < -0.39 is 0 Å². The molecule has 0 unspecified atom stereocenters. The molecule has 2 saturated heterocycles. The number of piperazine rings is 2. The van der Waals surface area contributed by atoms with E-state index in [0.29, 0.717) is 19.6 Å². The molecule has 0 N–H and O–H groups in total. The summed E-state index contributed by atoms with van der Waals surface area (Å²) in [5, 5.41) is 9.15. The Bertz CT molecular complexity index is 814. The van der Waals surface area contributed by atoms with Gasteiger partial charge in [0, 0.05) is 31.9 Å². The maximum absolute atomic E-state index is 13.0. The van der Waals surface area contributed by atoms with Gasteiger partial charge < -0.3 is 9.80 Å². The van der Waals surface area contributed by atoms with Crippen LogP contribution in [0.3, 0.4) is 0 Å². The average Bonchev–Trinajstić information content (AvgIpc) is 2.69. The first kappa shape index (κ1) is 15.7. The Kier molecular flexibility index (Phi) is 4.12. The molecule has 0 spiro atoms. The van der Waals surface area contributed by atoms with Gasteiger partial charge in [-0.05, 0) is 23.3 Å². The molecular weight excluding hydrogens is 312 g/mol. The van der Waals surface area contributed by atoms with Gasteiger partial charge in [0.1, 0.15) is 6.04 Å². The topological polar surface area (TPSA) is 50.6 Å². The van der Waals surface area contributed by atoms with E-state index in [1.54, 1.807) is 4.90 Å². The van der Waals surface area contributed by atoms with Gasteiger partial charge in [-0.15, -0.1) is 0 Å². The van der Waals surface area contributed by atoms with Gasteiger partial charge in [0.2, 0.25) is 5.91 Å². The molecule has 0 bridgehead atoms. The predicted molar refractivity (Wildman–Crippen MR) is 96.8 cm³/mol. The Hall–Kier alpha value is -2.84. The van der Waals surface area contributed by atoms with Crippen molar-refractivity contribution in [3.63, 3.8) is 0 Å². The van der Waals surface area contributed by atoms with E-state index in [4.69, 9.17) is 5.26 Å². The normalized spacial score (nSPS) is 20.9. The quantitative estimate of drug-likeness (QED) is 0.791. The number of nitrogens with zero attached hydrogens (tertiary/aromatic N) is 4. The van der Waals surface area contributed by atoms with Crippen LogP contribution in [0.4, 0.5) is 5.69 Å². The van der Waals surface area contributed by atoms with Crippen LogP contribution in [0.25, 0.3) is 11.1 Å². The first-order valence-electron chi connectivity index (χ1n) is 8.62. The van der Waals surface area contributed by atoms with E-state index in [-0.39, 0.29) is 11.9 Å². The van der Waals surface area contributed by atoms with Crippen LogP contribution in [0.1, 0.15) is 0 Å². The van der Waals surface area contributed by atoms with Crippen molar-refractivity contribution in [3.8, 4) is 17.3 Å². The van der Waals surface area contributed by atoms with Crippen LogP contribution in [0.2, 0.25) is 0 Å². The third-order valence-corrected chi connectivity index (χ3v) is 5.06. The maximum atomic E-state index is 13.0. The highest BCUT2D eigenvalue weighted by molar-refractivity contribution is 5.98. The number of hydrogen-bond donors (Lipinski definition) is 0. The van der Waals surface area contributed by atoms with Gasteiger partial charge in [-0.3, -0.25) is 9.69 Å². The Labute approximate surface area is 147 Å². The summed E-state index contributed by atoms with van der Waals surface area (Å²) in [5.41, 5.74) is 3.18. The fourth-order valence-corrected chi connectivity index (χ4v) is 3.67. The molecule has 0 aliphatic carbocycles. The lowest BCUT2D eigenvalue weighted by atomic mass is 10.0. The standard InChI is InChI=1S/C20H20N4O/c21-15-22-9-10-23-11-12-24(20(25)19(23)14-22)18-8-4-7-17(13-18)16-5-2-1-3-6-16/h1-8,13,19H,9-12,14H2/t19-/m1/s1. The van der Waals surface area contributed by atoms with Crippen molar-refractivity contribution in [1.29, 1.82) is 5.26 Å². The SMILES string of the molecule is N#CN1CCN2CCN(c3cccc(-c4ccccc4)c3)C(=O)[C@H]2C1. The van der Waals surface area contributed by atoms with Crippen LogP contribution >= 0.6 is 0 Å². The van der Waals surface area contributed by atoms with Crippen molar-refractivity contribution in [3.05, 3.63) is 54.6 Å². The monoisotopic (exact) mass is 332 g/mol. The van der Waals surface area contributed by atoms with Crippen LogP contribution in [0.5, 0.6) is 0 Å². The second kappa shape index (κ2) is 6.58. The van der Waals surface area contributed by atoms with E-state index in [2.05, 4.69) is 35.4 Å². The van der Waals surface area contributed by atoms with E-state index >= 15 is 0 Å². The highest BCUT2D eigenvalue weighted by Crippen LogP contribution is 2.27. The number of anilines is 1. The second-order valence-corrected chi connectivity index (χ2v) is 6.50. The predicted octanol–water partition coefficient (Wildman–Crippen LogP) is 2.17. The molecule has 4 rings (SSSR count). The number of rotatable bonds is 2. The van der Waals surface area contributed by atoms with Crippen molar-refractivity contribution in [2.24, 2.45) is 0 Å². The largest absolute Gasteiger partial charge is 0.310 e. The van der Waals surface area contributed by atoms with Gasteiger partial charge in [0.25, 0.3) is 0 Å². The molecule has 2 aliphatic rings. The van der Waals surface area contributed by atoms with Crippen LogP contribution < -0.4 is 4.90 Å². The summed E-state index contributed by atoms with van der Waals surface area (Å²) in [7, 11) is 0. The first-order chi connectivity index (χ1) is 12.3. The zero-order valence-electron chi connectivity index (χ0n) is 14.0. The average molecular weight is 332 g/mol. The van der Waals surface area contributed by atoms with Crippen molar-refractivity contribution >= 4 is 11.6 Å². The van der Waals surface area contributed by atoms with Gasteiger partial charge in [-0.2, -0.15) is 5.26 Å². The van der Waals surface area contributed by atoms with Crippen molar-refractivity contribution < 1.29 is 4.79 Å². The summed E-state index contributed by atoms with van der Waals surface area (Å²) in [6, 6.07) is 18.1. The number of fused-ring (bicyclic) bond motifs is 1. The molecule has 5 nitrogen and oxygen atoms in total. The Morgan fingerprint density at radius 3 is 2.48 bits per heavy atom. The lowest BCUT2D eigenvalue weighted by Gasteiger charge is -2.45. The minimum absolute atomic E-state index is 0.0939. The molecule has 0 aromatic heterocycles. The van der Waals surface area contributed by atoms with E-state index in [9.17, 15) is 4.79 Å². The summed E-state index contributed by atoms with van der Waals surface area (Å²) in [5.74, 6) is 0.0939. The molecule has 5 heteroatoms. The third-order valence-electron chi connectivity index (χ3n) is 5.06. The highest BCUT2D eigenvalue weighted by atomic mass is 16.2. The van der Waals surface area contributed by atoms with Crippen LogP contribution in [-0.2, 0) is 4.79 Å². The van der Waals surface area contributed by atoms with Crippen LogP contribution in [0.15, 0.2) is 54.6 Å². The van der Waals surface area contributed by atoms with Gasteiger partial charge in [-0.25, -0.2) is 0 Å². The van der Waals surface area contributed by atoms with Crippen LogP contribution in [-0.4, -0.2) is 54.5 Å². The molecule has 1 amide bonds. The lowest BCUT2D eigenvalue weighted by Crippen LogP contribution is -2.64. The van der Waals surface area contributed by atoms with Crippen molar-refractivity contribution in [2.45, 2.75) is 6.04 Å². The van der Waals surface area contributed by atoms with Gasteiger partial charge in [-0.1, -0.05) is 42.5 Å². The lowest BCUT2D eigenvalue weighted by molar-refractivity contribution is -0.127. The molecule has 2 fully saturated rings. The van der Waals surface area contributed by atoms with Gasteiger partial charge in [0.05, 0.1) is 6.54 Å². The molecule has 2 heterocycles. The minimum atomic E-state index is -0.220. The number of benzene rings is 2. The molecular formula is C20H20N4O. The Morgan fingerprint density at radius 1 is 0.920 bits per heavy atom. The highest BCUT2D eigenvalue weighted by Gasteiger charge is 2.39. The zero-order chi connectivity index (χ0) is 17.2. The maximum Gasteiger partial charge on any atom is 0.246 e. The van der Waals surface area contributed by atoms with Crippen LogP contribution in [0, 0.1) is 11.5 Å². The second-order valence-electron chi connectivity index (χ2n) is 6.50. The smallest absolute Gasteiger partial charge is 0.246 e. The Morgan fingerprint density at radius 2 is 1.68 bits per heavy atom. The van der Waals surface area contributed by atoms with E-state index in [0.717, 1.165) is 29.9 Å². The minimum Gasteiger partial charge on any atom is -0.310 e. The molecule has 126 valence electrons. The fourth-order valence-electron chi connectivity index (χ4n) is 3.67. The number of carbonyl (C=O) groups is 1. The van der Waals surface area contributed by atoms with Gasteiger partial charge >= 0.3 is 0 Å². The number of nitriles is 1. The fraction of sp³-hybridized carbons (Fsp3) is 0.300. The molecule has 2 aromatic rings. The van der Waals surface area contributed by atoms with E-state index in [1.165, 1.54) is 0 Å². The first-order valence-corrected chi connectivity index (χ1v) is 8.62. The number of amides is 1. The summed E-state index contributed by atoms with van der Waals surface area (Å²) in [4.78, 5) is 18.8. The number of carbonyl (C=O) groups excluding carboxylic acids is 1. The summed E-state index contributed by atoms with van der Waals surface area (Å²) < 4.78 is 0. The molecule has 2 aromatic carbocycles. The van der Waals surface area contributed by atoms with E-state index in [1.807, 2.05) is 35.2 Å². The van der Waals surface area contributed by atoms with Crippen molar-refractivity contribution in [2.75, 3.05) is 37.6 Å². The molecule has 1 atom stereocenters. The van der Waals surface area contributed by atoms with Crippen molar-refractivity contribution in [1.82, 2.24) is 9.80 Å².